The van der Waals surface area contributed by atoms with Gasteiger partial charge < -0.3 is 10.4 Å². The number of nitro groups is 1. The first-order valence-corrected chi connectivity index (χ1v) is 9.44. The van der Waals surface area contributed by atoms with E-state index in [4.69, 9.17) is 0 Å². The first-order valence-electron chi connectivity index (χ1n) is 8.36. The molecule has 0 unspecified atom stereocenters. The normalized spacial score (nSPS) is 11.2. The largest absolute Gasteiger partial charge is 0.508 e. The lowest BCUT2D eigenvalue weighted by Crippen LogP contribution is -1.97. The van der Waals surface area contributed by atoms with Gasteiger partial charge in [-0.15, -0.1) is 5.11 Å². The van der Waals surface area contributed by atoms with Gasteiger partial charge >= 0.3 is 0 Å². The zero-order valence-electron chi connectivity index (χ0n) is 14.9. The highest BCUT2D eigenvalue weighted by molar-refractivity contribution is 14.1. The third-order valence-electron chi connectivity index (χ3n) is 3.88. The van der Waals surface area contributed by atoms with E-state index in [2.05, 4.69) is 63.0 Å². The fourth-order valence-electron chi connectivity index (χ4n) is 2.44. The monoisotopic (exact) mass is 518 g/mol. The average molecular weight is 518 g/mol. The maximum atomic E-state index is 10.9. The zero-order chi connectivity index (χ0) is 21.1. The Morgan fingerprint density at radius 3 is 2.60 bits per heavy atom. The van der Waals surface area contributed by atoms with Crippen LogP contribution in [-0.4, -0.2) is 30.3 Å². The molecular formula is C17H11IN8O4. The minimum absolute atomic E-state index is 0.104. The van der Waals surface area contributed by atoms with Crippen LogP contribution in [0, 0.1) is 13.7 Å². The summed E-state index contributed by atoms with van der Waals surface area (Å²) in [6.45, 7) is -0.104. The second kappa shape index (κ2) is 8.32. The van der Waals surface area contributed by atoms with E-state index in [9.17, 15) is 15.2 Å². The van der Waals surface area contributed by atoms with Crippen molar-refractivity contribution in [3.63, 3.8) is 0 Å². The lowest BCUT2D eigenvalue weighted by molar-refractivity contribution is -0.384. The Morgan fingerprint density at radius 2 is 1.87 bits per heavy atom. The summed E-state index contributed by atoms with van der Waals surface area (Å²) in [6.07, 6.45) is 0. The first kappa shape index (κ1) is 19.6. The number of aromatic nitrogens is 4. The van der Waals surface area contributed by atoms with Gasteiger partial charge in [-0.3, -0.25) is 10.1 Å². The highest BCUT2D eigenvalue weighted by Crippen LogP contribution is 2.28. The molecule has 150 valence electrons. The molecule has 0 aliphatic carbocycles. The van der Waals surface area contributed by atoms with Crippen molar-refractivity contribution in [2.45, 2.75) is 6.54 Å². The number of benzene rings is 2. The van der Waals surface area contributed by atoms with Crippen LogP contribution in [0.25, 0.3) is 11.3 Å². The molecule has 2 heterocycles. The fraction of sp³-hybridized carbons (Fsp3) is 0.0588. The minimum Gasteiger partial charge on any atom is -0.508 e. The number of nitrogens with zero attached hydrogens (tertiary/aromatic N) is 7. The van der Waals surface area contributed by atoms with Crippen LogP contribution in [0.5, 0.6) is 5.75 Å². The number of nitrogens with one attached hydrogen (secondary N) is 1. The van der Waals surface area contributed by atoms with Crippen molar-refractivity contribution in [3.8, 4) is 5.75 Å². The number of rotatable bonds is 6. The standard InChI is InChI=1S/C17H11IN8O4/c18-10-1-3-11(4-2-10)20-14-15(22-17-16(21-14)24-30-25-17)23-19-8-9-7-12(26(28)29)5-6-13(9)27/h1-7,27H,8H2,(H,20,21,24). The molecule has 0 bridgehead atoms. The molecule has 0 aliphatic rings. The van der Waals surface area contributed by atoms with Crippen molar-refractivity contribution in [2.75, 3.05) is 5.32 Å². The highest BCUT2D eigenvalue weighted by atomic mass is 127. The summed E-state index contributed by atoms with van der Waals surface area (Å²) in [5, 5.41) is 39.3. The summed E-state index contributed by atoms with van der Waals surface area (Å²) in [7, 11) is 0. The molecule has 0 fully saturated rings. The quantitative estimate of drug-likeness (QED) is 0.164. The van der Waals surface area contributed by atoms with Gasteiger partial charge in [0.25, 0.3) is 5.69 Å². The van der Waals surface area contributed by atoms with Gasteiger partial charge in [-0.2, -0.15) is 10.1 Å². The molecule has 2 N–H and O–H groups in total. The summed E-state index contributed by atoms with van der Waals surface area (Å²) in [4.78, 5) is 18.9. The topological polar surface area (TPSA) is 165 Å². The van der Waals surface area contributed by atoms with Gasteiger partial charge in [0.05, 0.1) is 11.5 Å². The number of non-ortho nitro benzene ring substituents is 1. The average Bonchev–Trinajstić information content (AvgIpc) is 3.18. The van der Waals surface area contributed by atoms with Crippen LogP contribution in [0.1, 0.15) is 5.56 Å². The number of hydrogen-bond donors (Lipinski definition) is 2. The molecule has 30 heavy (non-hydrogen) atoms. The van der Waals surface area contributed by atoms with Crippen LogP contribution in [-0.2, 0) is 6.54 Å². The molecule has 0 radical (unpaired) electrons. The SMILES string of the molecule is O=[N+]([O-])c1ccc(O)c(CN=Nc2nc3nonc3nc2Nc2ccc(I)cc2)c1. The van der Waals surface area contributed by atoms with Crippen LogP contribution in [0.15, 0.2) is 57.3 Å². The molecule has 12 nitrogen and oxygen atoms in total. The van der Waals surface area contributed by atoms with E-state index in [0.29, 0.717) is 0 Å². The van der Waals surface area contributed by atoms with E-state index in [-0.39, 0.29) is 46.5 Å². The van der Waals surface area contributed by atoms with E-state index in [1.807, 2.05) is 24.3 Å². The Bertz CT molecular complexity index is 1260. The second-order valence-electron chi connectivity index (χ2n) is 5.91. The molecule has 4 rings (SSSR count). The van der Waals surface area contributed by atoms with Gasteiger partial charge in [0.2, 0.25) is 17.1 Å². The number of hydrogen-bond acceptors (Lipinski definition) is 11. The molecule has 0 aliphatic heterocycles. The predicted molar refractivity (Wildman–Crippen MR) is 113 cm³/mol. The smallest absolute Gasteiger partial charge is 0.270 e. The maximum absolute atomic E-state index is 10.9. The minimum atomic E-state index is -0.555. The number of aromatic hydroxyl groups is 1. The van der Waals surface area contributed by atoms with Crippen molar-refractivity contribution in [2.24, 2.45) is 10.2 Å². The molecule has 4 aromatic rings. The number of nitro benzene ring substituents is 1. The van der Waals surface area contributed by atoms with Crippen molar-refractivity contribution in [1.29, 1.82) is 0 Å². The number of anilines is 2. The predicted octanol–water partition coefficient (Wildman–Crippen LogP) is 4.26. The van der Waals surface area contributed by atoms with Gasteiger partial charge in [-0.1, -0.05) is 0 Å². The molecule has 2 aromatic carbocycles. The molecule has 2 aromatic heterocycles. The van der Waals surface area contributed by atoms with E-state index in [0.717, 1.165) is 9.26 Å². The summed E-state index contributed by atoms with van der Waals surface area (Å²) < 4.78 is 5.71. The molecule has 0 amide bonds. The van der Waals surface area contributed by atoms with Crippen LogP contribution in [0.4, 0.5) is 23.0 Å². The van der Waals surface area contributed by atoms with E-state index >= 15 is 0 Å². The number of azo groups is 1. The van der Waals surface area contributed by atoms with Gasteiger partial charge in [-0.25, -0.2) is 9.61 Å². The maximum Gasteiger partial charge on any atom is 0.270 e. The molecular weight excluding hydrogens is 507 g/mol. The van der Waals surface area contributed by atoms with Gasteiger partial charge in [-0.05, 0) is 63.2 Å². The van der Waals surface area contributed by atoms with Crippen molar-refractivity contribution < 1.29 is 14.7 Å². The van der Waals surface area contributed by atoms with E-state index in [1.165, 1.54) is 18.2 Å². The third kappa shape index (κ3) is 4.29. The number of phenols is 1. The summed E-state index contributed by atoms with van der Waals surface area (Å²) in [5.74, 6) is 0.257. The summed E-state index contributed by atoms with van der Waals surface area (Å²) >= 11 is 2.20. The van der Waals surface area contributed by atoms with Crippen LogP contribution < -0.4 is 5.32 Å². The van der Waals surface area contributed by atoms with Gasteiger partial charge in [0.1, 0.15) is 5.75 Å². The van der Waals surface area contributed by atoms with Crippen LogP contribution in [0.2, 0.25) is 0 Å². The fourth-order valence-corrected chi connectivity index (χ4v) is 2.80. The highest BCUT2D eigenvalue weighted by Gasteiger charge is 2.14. The Kier molecular flexibility index (Phi) is 5.42. The van der Waals surface area contributed by atoms with Crippen molar-refractivity contribution in [3.05, 3.63) is 61.7 Å². The lowest BCUT2D eigenvalue weighted by Gasteiger charge is -2.07. The van der Waals surface area contributed by atoms with Crippen LogP contribution in [0.3, 0.4) is 0 Å². The Morgan fingerprint density at radius 1 is 1.13 bits per heavy atom. The molecule has 13 heteroatoms. The molecule has 0 saturated carbocycles. The zero-order valence-corrected chi connectivity index (χ0v) is 17.1. The Hall–Kier alpha value is -3.75. The van der Waals surface area contributed by atoms with Crippen molar-refractivity contribution >= 4 is 56.9 Å². The summed E-state index contributed by atoms with van der Waals surface area (Å²) in [5.41, 5.74) is 1.17. The second-order valence-corrected chi connectivity index (χ2v) is 7.15. The molecule has 0 saturated heterocycles. The number of phenolic OH excluding ortho intramolecular Hbond substituents is 1. The molecule has 0 spiro atoms. The Balaban J connectivity index is 1.63. The number of halogens is 1. The lowest BCUT2D eigenvalue weighted by atomic mass is 10.2. The van der Waals surface area contributed by atoms with E-state index in [1.54, 1.807) is 0 Å². The van der Waals surface area contributed by atoms with Crippen LogP contribution >= 0.6 is 22.6 Å². The number of fused-ring (bicyclic) bond motifs is 1. The van der Waals surface area contributed by atoms with Crippen molar-refractivity contribution in [1.82, 2.24) is 20.3 Å². The van der Waals surface area contributed by atoms with E-state index < -0.39 is 4.92 Å². The van der Waals surface area contributed by atoms with Gasteiger partial charge in [0, 0.05) is 27.0 Å². The summed E-state index contributed by atoms with van der Waals surface area (Å²) in [6, 6.07) is 11.2. The van der Waals surface area contributed by atoms with Gasteiger partial charge in [0.15, 0.2) is 5.82 Å². The molecule has 0 atom stereocenters. The first-order chi connectivity index (χ1) is 14.5. The Labute approximate surface area is 181 Å². The third-order valence-corrected chi connectivity index (χ3v) is 4.60.